The van der Waals surface area contributed by atoms with E-state index in [1.165, 1.54) is 17.5 Å². The molecule has 5 nitrogen and oxygen atoms in total. The van der Waals surface area contributed by atoms with Crippen molar-refractivity contribution < 1.29 is 19.1 Å². The Hall–Kier alpha value is -2.28. The van der Waals surface area contributed by atoms with Crippen molar-refractivity contribution in [2.75, 3.05) is 5.32 Å². The summed E-state index contributed by atoms with van der Waals surface area (Å²) in [6, 6.07) is 4.31. The van der Waals surface area contributed by atoms with Gasteiger partial charge < -0.3 is 10.4 Å². The van der Waals surface area contributed by atoms with E-state index in [2.05, 4.69) is 10.3 Å². The molecule has 98 valence electrons. The maximum atomic E-state index is 13.5. The number of aryl methyl sites for hydroxylation is 1. The first kappa shape index (κ1) is 13.2. The number of thiazole rings is 1. The number of halogens is 1. The van der Waals surface area contributed by atoms with Crippen LogP contribution in [0, 0.1) is 12.7 Å². The summed E-state index contributed by atoms with van der Waals surface area (Å²) < 4.78 is 13.5. The molecule has 0 saturated carbocycles. The molecule has 0 fully saturated rings. The molecule has 0 radical (unpaired) electrons. The van der Waals surface area contributed by atoms with Crippen molar-refractivity contribution in [3.8, 4) is 0 Å². The number of aromatic carboxylic acids is 1. The third-order valence-electron chi connectivity index (χ3n) is 2.29. The number of hydrogen-bond acceptors (Lipinski definition) is 4. The molecule has 0 saturated heterocycles. The van der Waals surface area contributed by atoms with Gasteiger partial charge in [0.05, 0.1) is 5.69 Å². The monoisotopic (exact) mass is 280 g/mol. The van der Waals surface area contributed by atoms with E-state index in [4.69, 9.17) is 5.11 Å². The number of carbonyl (C=O) groups excluding carboxylic acids is 1. The van der Waals surface area contributed by atoms with Crippen LogP contribution in [0.25, 0.3) is 0 Å². The van der Waals surface area contributed by atoms with Gasteiger partial charge in [0.25, 0.3) is 5.91 Å². The predicted molar refractivity (Wildman–Crippen MR) is 68.2 cm³/mol. The number of carboxylic acids is 1. The maximum Gasteiger partial charge on any atom is 0.355 e. The van der Waals surface area contributed by atoms with Crippen LogP contribution in [0.5, 0.6) is 0 Å². The minimum atomic E-state index is -1.21. The number of nitrogens with one attached hydrogen (secondary N) is 1. The van der Waals surface area contributed by atoms with Gasteiger partial charge in [-0.1, -0.05) is 6.07 Å². The lowest BCUT2D eigenvalue weighted by Crippen LogP contribution is -2.13. The van der Waals surface area contributed by atoms with Crippen LogP contribution in [0.1, 0.15) is 25.9 Å². The Labute approximate surface area is 111 Å². The molecule has 0 aliphatic carbocycles. The first-order chi connectivity index (χ1) is 8.97. The Morgan fingerprint density at radius 3 is 2.79 bits per heavy atom. The summed E-state index contributed by atoms with van der Waals surface area (Å²) in [7, 11) is 0. The summed E-state index contributed by atoms with van der Waals surface area (Å²) >= 11 is 0.889. The van der Waals surface area contributed by atoms with E-state index in [0.717, 1.165) is 16.9 Å². The van der Waals surface area contributed by atoms with Crippen LogP contribution in [0.15, 0.2) is 23.6 Å². The van der Waals surface area contributed by atoms with Crippen LogP contribution in [0.4, 0.5) is 10.1 Å². The van der Waals surface area contributed by atoms with Crippen LogP contribution in [-0.2, 0) is 0 Å². The molecule has 0 spiro atoms. The summed E-state index contributed by atoms with van der Waals surface area (Å²) in [6.45, 7) is 1.76. The van der Waals surface area contributed by atoms with E-state index in [0.29, 0.717) is 0 Å². The molecule has 0 aliphatic rings. The average Bonchev–Trinajstić information content (AvgIpc) is 2.83. The standard InChI is InChI=1S/C12H9FN2O3S/c1-6-2-3-7(13)8(4-6)14-10(16)11-15-9(5-19-11)12(17)18/h2-5H,1H3,(H,14,16)(H,17,18). The smallest absolute Gasteiger partial charge is 0.355 e. The zero-order valence-corrected chi connectivity index (χ0v) is 10.6. The number of anilines is 1. The van der Waals surface area contributed by atoms with Crippen molar-refractivity contribution in [1.29, 1.82) is 0 Å². The van der Waals surface area contributed by atoms with Crippen LogP contribution >= 0.6 is 11.3 Å². The highest BCUT2D eigenvalue weighted by molar-refractivity contribution is 7.12. The highest BCUT2D eigenvalue weighted by Gasteiger charge is 2.16. The molecule has 19 heavy (non-hydrogen) atoms. The lowest BCUT2D eigenvalue weighted by molar-refractivity contribution is 0.0691. The first-order valence-electron chi connectivity index (χ1n) is 5.23. The maximum absolute atomic E-state index is 13.5. The predicted octanol–water partition coefficient (Wildman–Crippen LogP) is 2.54. The van der Waals surface area contributed by atoms with Crippen molar-refractivity contribution >= 4 is 28.9 Å². The zero-order valence-electron chi connectivity index (χ0n) is 9.81. The van der Waals surface area contributed by atoms with Gasteiger partial charge in [0.15, 0.2) is 10.7 Å². The molecule has 0 aliphatic heterocycles. The highest BCUT2D eigenvalue weighted by Crippen LogP contribution is 2.18. The molecular formula is C12H9FN2O3S. The fraction of sp³-hybridized carbons (Fsp3) is 0.0833. The Morgan fingerprint density at radius 1 is 1.42 bits per heavy atom. The second-order valence-corrected chi connectivity index (χ2v) is 4.64. The highest BCUT2D eigenvalue weighted by atomic mass is 32.1. The number of amides is 1. The average molecular weight is 280 g/mol. The second-order valence-electron chi connectivity index (χ2n) is 3.78. The molecule has 1 aromatic heterocycles. The Bertz CT molecular complexity index is 654. The minimum Gasteiger partial charge on any atom is -0.476 e. The van der Waals surface area contributed by atoms with E-state index in [-0.39, 0.29) is 16.4 Å². The van der Waals surface area contributed by atoms with Gasteiger partial charge in [-0.15, -0.1) is 11.3 Å². The molecular weight excluding hydrogens is 271 g/mol. The van der Waals surface area contributed by atoms with E-state index >= 15 is 0 Å². The number of carbonyl (C=O) groups is 2. The fourth-order valence-electron chi connectivity index (χ4n) is 1.39. The van der Waals surface area contributed by atoms with Crippen LogP contribution in [0.2, 0.25) is 0 Å². The number of benzene rings is 1. The third kappa shape index (κ3) is 2.94. The summed E-state index contributed by atoms with van der Waals surface area (Å²) in [4.78, 5) is 26.1. The molecule has 2 rings (SSSR count). The third-order valence-corrected chi connectivity index (χ3v) is 3.13. The van der Waals surface area contributed by atoms with Crippen molar-refractivity contribution in [1.82, 2.24) is 4.98 Å². The molecule has 1 heterocycles. The number of carboxylic acid groups (broad SMARTS) is 1. The Kier molecular flexibility index (Phi) is 3.57. The van der Waals surface area contributed by atoms with Crippen LogP contribution < -0.4 is 5.32 Å². The summed E-state index contributed by atoms with van der Waals surface area (Å²) in [6.07, 6.45) is 0. The van der Waals surface area contributed by atoms with Gasteiger partial charge in [-0.2, -0.15) is 0 Å². The quantitative estimate of drug-likeness (QED) is 0.905. The molecule has 7 heteroatoms. The lowest BCUT2D eigenvalue weighted by atomic mass is 10.2. The van der Waals surface area contributed by atoms with Gasteiger partial charge in [0.2, 0.25) is 0 Å². The van der Waals surface area contributed by atoms with E-state index < -0.39 is 17.7 Å². The molecule has 1 aromatic carbocycles. The van der Waals surface area contributed by atoms with Gasteiger partial charge in [-0.3, -0.25) is 4.79 Å². The number of hydrogen-bond donors (Lipinski definition) is 2. The van der Waals surface area contributed by atoms with E-state index in [1.54, 1.807) is 13.0 Å². The van der Waals surface area contributed by atoms with Crippen molar-refractivity contribution in [3.63, 3.8) is 0 Å². The Morgan fingerprint density at radius 2 is 2.16 bits per heavy atom. The van der Waals surface area contributed by atoms with E-state index in [9.17, 15) is 14.0 Å². The molecule has 0 atom stereocenters. The summed E-state index contributed by atoms with van der Waals surface area (Å²) in [5.74, 6) is -2.41. The van der Waals surface area contributed by atoms with Gasteiger partial charge in [-0.05, 0) is 24.6 Å². The Balaban J connectivity index is 2.20. The van der Waals surface area contributed by atoms with Gasteiger partial charge >= 0.3 is 5.97 Å². The molecule has 0 bridgehead atoms. The number of aromatic nitrogens is 1. The first-order valence-corrected chi connectivity index (χ1v) is 6.11. The summed E-state index contributed by atoms with van der Waals surface area (Å²) in [5.41, 5.74) is 0.624. The molecule has 2 aromatic rings. The summed E-state index contributed by atoms with van der Waals surface area (Å²) in [5, 5.41) is 12.3. The van der Waals surface area contributed by atoms with Crippen LogP contribution in [0.3, 0.4) is 0 Å². The van der Waals surface area contributed by atoms with E-state index in [1.807, 2.05) is 0 Å². The molecule has 1 amide bonds. The molecule has 2 N–H and O–H groups in total. The van der Waals surface area contributed by atoms with Crippen molar-refractivity contribution in [2.45, 2.75) is 6.92 Å². The van der Waals surface area contributed by atoms with Crippen molar-refractivity contribution in [2.24, 2.45) is 0 Å². The number of nitrogens with zero attached hydrogens (tertiary/aromatic N) is 1. The minimum absolute atomic E-state index is 0.0293. The second kappa shape index (κ2) is 5.15. The number of rotatable bonds is 3. The molecule has 0 unspecified atom stereocenters. The van der Waals surface area contributed by atoms with Gasteiger partial charge in [0, 0.05) is 5.38 Å². The van der Waals surface area contributed by atoms with Crippen molar-refractivity contribution in [3.05, 3.63) is 45.7 Å². The fourth-order valence-corrected chi connectivity index (χ4v) is 2.07. The SMILES string of the molecule is Cc1ccc(F)c(NC(=O)c2nc(C(=O)O)cs2)c1. The van der Waals surface area contributed by atoms with Crippen LogP contribution in [-0.4, -0.2) is 22.0 Å². The largest absolute Gasteiger partial charge is 0.476 e. The normalized spacial score (nSPS) is 10.2. The lowest BCUT2D eigenvalue weighted by Gasteiger charge is -2.05. The van der Waals surface area contributed by atoms with Gasteiger partial charge in [0.1, 0.15) is 5.82 Å². The zero-order chi connectivity index (χ0) is 14.0. The van der Waals surface area contributed by atoms with Gasteiger partial charge in [-0.25, -0.2) is 14.2 Å². The topological polar surface area (TPSA) is 79.3 Å².